The van der Waals surface area contributed by atoms with Crippen LogP contribution in [-0.2, 0) is 42.8 Å². The molecule has 0 heterocycles. The summed E-state index contributed by atoms with van der Waals surface area (Å²) in [6.45, 7) is 0. The van der Waals surface area contributed by atoms with Crippen molar-refractivity contribution >= 4 is 0 Å². The molecule has 0 unspecified atom stereocenters. The Morgan fingerprint density at radius 1 is 0.500 bits per heavy atom. The van der Waals surface area contributed by atoms with Crippen molar-refractivity contribution in [3.63, 3.8) is 0 Å². The van der Waals surface area contributed by atoms with Crippen molar-refractivity contribution in [3.8, 4) is 0 Å². The second kappa shape index (κ2) is 95.0. The maximum absolute atomic E-state index is 0. The topological polar surface area (TPSA) is 0 Å². The summed E-state index contributed by atoms with van der Waals surface area (Å²) in [5, 5.41) is 0. The second-order valence-corrected chi connectivity index (χ2v) is 0. The Morgan fingerprint density at radius 3 is 0.500 bits per heavy atom. The Morgan fingerprint density at radius 2 is 0.500 bits per heavy atom. The van der Waals surface area contributed by atoms with E-state index in [2.05, 4.69) is 0 Å². The third-order valence-electron chi connectivity index (χ3n) is 0. The molecule has 0 nitrogen and oxygen atoms in total. The van der Waals surface area contributed by atoms with Gasteiger partial charge in [-0.05, 0) is 0 Å². The van der Waals surface area contributed by atoms with Crippen molar-refractivity contribution in [1.82, 2.24) is 0 Å². The molecule has 0 bridgehead atoms. The van der Waals surface area contributed by atoms with Gasteiger partial charge >= 0.3 is 42.8 Å². The van der Waals surface area contributed by atoms with Crippen molar-refractivity contribution in [3.05, 3.63) is 29.7 Å². The summed E-state index contributed by atoms with van der Waals surface area (Å²) >= 11 is 0. The molecule has 0 aromatic heterocycles. The minimum atomic E-state index is 0. The third-order valence-corrected chi connectivity index (χ3v) is 0. The number of hydrogen-bond donors (Lipinski definition) is 0. The number of rotatable bonds is 0. The van der Waals surface area contributed by atoms with Crippen LogP contribution < -0.4 is 0 Å². The van der Waals surface area contributed by atoms with Crippen LogP contribution in [0.1, 0.15) is 0 Å². The van der Waals surface area contributed by atoms with Gasteiger partial charge in [-0.15, -0.1) is 0 Å². The zero-order valence-corrected chi connectivity index (χ0v) is 9.40. The van der Waals surface area contributed by atoms with Crippen molar-refractivity contribution in [2.24, 2.45) is 0 Å². The van der Waals surface area contributed by atoms with E-state index in [0.717, 1.165) is 0 Å². The molecular formula is C4H12TiW. The molecule has 0 aliphatic rings. The van der Waals surface area contributed by atoms with Crippen molar-refractivity contribution in [2.45, 2.75) is 0 Å². The molecule has 0 saturated carbocycles. The Balaban J connectivity index is 0. The summed E-state index contributed by atoms with van der Waals surface area (Å²) in [6, 6.07) is 0. The summed E-state index contributed by atoms with van der Waals surface area (Å²) in [5.74, 6) is 0. The summed E-state index contributed by atoms with van der Waals surface area (Å²) in [5.41, 5.74) is 0. The second-order valence-electron chi connectivity index (χ2n) is 0. The van der Waals surface area contributed by atoms with E-state index in [1.54, 1.807) is 0 Å². The van der Waals surface area contributed by atoms with Gasteiger partial charge in [-0.1, -0.05) is 0 Å². The predicted molar refractivity (Wildman–Crippen MR) is 25.7 cm³/mol. The van der Waals surface area contributed by atoms with E-state index in [-0.39, 0.29) is 72.5 Å². The minimum absolute atomic E-state index is 0. The summed E-state index contributed by atoms with van der Waals surface area (Å²) < 4.78 is 0. The molecule has 0 rings (SSSR count). The molecule has 38 valence electrons. The van der Waals surface area contributed by atoms with E-state index in [0.29, 0.717) is 0 Å². The molecule has 6 heavy (non-hydrogen) atoms. The molecule has 0 amide bonds. The molecular weight excluding hydrogens is 280 g/mol. The van der Waals surface area contributed by atoms with Crippen LogP contribution in [0.15, 0.2) is 0 Å². The van der Waals surface area contributed by atoms with Gasteiger partial charge in [0.2, 0.25) is 0 Å². The maximum Gasteiger partial charge on any atom is 2.00 e. The Hall–Kier alpha value is 1.40. The predicted octanol–water partition coefficient (Wildman–Crippen LogP) is 1.80. The van der Waals surface area contributed by atoms with E-state index in [1.165, 1.54) is 0 Å². The standard InChI is InChI=1S/4CH3.Ti.W/h4*1H3;;/q4*-1;2*+2. The monoisotopic (exact) mass is 292 g/mol. The van der Waals surface area contributed by atoms with Crippen LogP contribution in [0.25, 0.3) is 0 Å². The molecule has 0 fully saturated rings. The van der Waals surface area contributed by atoms with E-state index in [9.17, 15) is 0 Å². The van der Waals surface area contributed by atoms with E-state index in [1.807, 2.05) is 0 Å². The Labute approximate surface area is 72.2 Å². The fraction of sp³-hybridized carbons (Fsp3) is 0. The van der Waals surface area contributed by atoms with Gasteiger partial charge in [-0.2, -0.15) is 0 Å². The smallest absolute Gasteiger partial charge is 0.358 e. The molecule has 0 aromatic carbocycles. The van der Waals surface area contributed by atoms with E-state index >= 15 is 0 Å². The normalized spacial score (nSPS) is 0. The van der Waals surface area contributed by atoms with Crippen LogP contribution >= 0.6 is 0 Å². The average molecular weight is 292 g/mol. The first-order valence-electron chi connectivity index (χ1n) is 0. The van der Waals surface area contributed by atoms with Crippen LogP contribution in [-0.4, -0.2) is 0 Å². The fourth-order valence-electron chi connectivity index (χ4n) is 0. The van der Waals surface area contributed by atoms with Crippen molar-refractivity contribution in [1.29, 1.82) is 0 Å². The summed E-state index contributed by atoms with van der Waals surface area (Å²) in [7, 11) is 0. The molecule has 2 heteroatoms. The Kier molecular flexibility index (Phi) is 2440. The zero-order chi connectivity index (χ0) is 0. The van der Waals surface area contributed by atoms with Gasteiger partial charge in [0, 0.05) is 0 Å². The molecule has 0 spiro atoms. The first kappa shape index (κ1) is 154. The van der Waals surface area contributed by atoms with Crippen LogP contribution in [0.5, 0.6) is 0 Å². The van der Waals surface area contributed by atoms with Gasteiger partial charge < -0.3 is 29.7 Å². The Bertz CT molecular complexity index is 7.51. The first-order valence-corrected chi connectivity index (χ1v) is 0. The molecule has 0 atom stereocenters. The molecule has 0 aliphatic heterocycles. The summed E-state index contributed by atoms with van der Waals surface area (Å²) in [6.07, 6.45) is 0. The van der Waals surface area contributed by atoms with E-state index in [4.69, 9.17) is 0 Å². The SMILES string of the molecule is [CH3-].[CH3-].[CH3-].[CH3-].[Ti+2].[W+2]. The first-order chi connectivity index (χ1) is 0. The van der Waals surface area contributed by atoms with Gasteiger partial charge in [0.25, 0.3) is 0 Å². The summed E-state index contributed by atoms with van der Waals surface area (Å²) in [4.78, 5) is 0. The van der Waals surface area contributed by atoms with Gasteiger partial charge in [0.05, 0.1) is 0 Å². The molecule has 0 aliphatic carbocycles. The van der Waals surface area contributed by atoms with Gasteiger partial charge in [-0.3, -0.25) is 0 Å². The quantitative estimate of drug-likeness (QED) is 0.472. The van der Waals surface area contributed by atoms with Crippen LogP contribution in [0, 0.1) is 29.7 Å². The fourth-order valence-corrected chi connectivity index (χ4v) is 0. The largest absolute Gasteiger partial charge is 2.00 e. The van der Waals surface area contributed by atoms with Crippen LogP contribution in [0.3, 0.4) is 0 Å². The van der Waals surface area contributed by atoms with E-state index < -0.39 is 0 Å². The van der Waals surface area contributed by atoms with Gasteiger partial charge in [0.1, 0.15) is 0 Å². The third kappa shape index (κ3) is 53.2. The molecule has 0 radical (unpaired) electrons. The van der Waals surface area contributed by atoms with Crippen LogP contribution in [0.2, 0.25) is 0 Å². The minimum Gasteiger partial charge on any atom is -0.358 e. The average Bonchev–Trinajstić information content (AvgIpc) is 0. The van der Waals surface area contributed by atoms with Crippen LogP contribution in [0.4, 0.5) is 0 Å². The molecule has 0 saturated heterocycles. The zero-order valence-electron chi connectivity index (χ0n) is 4.91. The van der Waals surface area contributed by atoms with Crippen molar-refractivity contribution < 1.29 is 42.8 Å². The maximum atomic E-state index is 0. The van der Waals surface area contributed by atoms with Gasteiger partial charge in [-0.25, -0.2) is 0 Å². The molecule has 0 aromatic rings. The number of hydrogen-bond acceptors (Lipinski definition) is 0. The van der Waals surface area contributed by atoms with Crippen molar-refractivity contribution in [2.75, 3.05) is 0 Å². The van der Waals surface area contributed by atoms with Gasteiger partial charge in [0.15, 0.2) is 0 Å². The molecule has 0 N–H and O–H groups in total.